The summed E-state index contributed by atoms with van der Waals surface area (Å²) in [5, 5.41) is 19.8. The summed E-state index contributed by atoms with van der Waals surface area (Å²) in [4.78, 5) is 13.0. The van der Waals surface area contributed by atoms with Crippen LogP contribution < -0.4 is 5.73 Å². The molecule has 1 heterocycles. The summed E-state index contributed by atoms with van der Waals surface area (Å²) < 4.78 is 13.6. The van der Waals surface area contributed by atoms with Crippen molar-refractivity contribution < 1.29 is 19.4 Å². The van der Waals surface area contributed by atoms with Crippen LogP contribution in [0.2, 0.25) is 0 Å². The number of hydrogen-bond acceptors (Lipinski definition) is 4. The first-order valence-corrected chi connectivity index (χ1v) is 7.11. The lowest BCUT2D eigenvalue weighted by molar-refractivity contribution is -0.129. The van der Waals surface area contributed by atoms with Crippen molar-refractivity contribution in [1.82, 2.24) is 4.90 Å². The molecule has 0 aliphatic carbocycles. The normalized spacial score (nSPS) is 20.1. The molecule has 0 saturated carbocycles. The number of halogens is 1. The zero-order chi connectivity index (χ0) is 15.4. The van der Waals surface area contributed by atoms with Gasteiger partial charge in [0.25, 0.3) is 0 Å². The number of rotatable bonds is 5. The van der Waals surface area contributed by atoms with E-state index in [9.17, 15) is 19.4 Å². The van der Waals surface area contributed by atoms with Crippen LogP contribution in [0, 0.1) is 11.7 Å². The summed E-state index contributed by atoms with van der Waals surface area (Å²) in [6, 6.07) is 6.18. The van der Waals surface area contributed by atoms with Crippen molar-refractivity contribution in [3.8, 4) is 0 Å². The third-order valence-corrected chi connectivity index (χ3v) is 4.07. The SMILES string of the molecule is NC(=O)[C@@H](O)C1CCN(C[C@H](O)c2ccccc2F)CC1. The highest BCUT2D eigenvalue weighted by molar-refractivity contribution is 5.78. The summed E-state index contributed by atoms with van der Waals surface area (Å²) in [7, 11) is 0. The lowest BCUT2D eigenvalue weighted by atomic mass is 9.90. The molecule has 4 N–H and O–H groups in total. The molecule has 2 atom stereocenters. The second-order valence-corrected chi connectivity index (χ2v) is 5.52. The van der Waals surface area contributed by atoms with Gasteiger partial charge in [0.1, 0.15) is 11.9 Å². The number of β-amino-alcohol motifs (C(OH)–C–C–N with tert-alkyl or cyclic N) is 1. The number of aliphatic hydroxyl groups is 2. The van der Waals surface area contributed by atoms with Crippen molar-refractivity contribution >= 4 is 5.91 Å². The van der Waals surface area contributed by atoms with E-state index in [1.807, 2.05) is 4.90 Å². The van der Waals surface area contributed by atoms with Gasteiger partial charge in [0.15, 0.2) is 0 Å². The Kier molecular flexibility index (Phi) is 5.27. The molecule has 0 radical (unpaired) electrons. The summed E-state index contributed by atoms with van der Waals surface area (Å²) in [5.74, 6) is -1.24. The molecule has 0 unspecified atom stereocenters. The van der Waals surface area contributed by atoms with Crippen LogP contribution in [0.5, 0.6) is 0 Å². The molecule has 2 rings (SSSR count). The number of aliphatic hydroxyl groups excluding tert-OH is 2. The molecule has 1 aliphatic heterocycles. The van der Waals surface area contributed by atoms with Crippen molar-refractivity contribution in [1.29, 1.82) is 0 Å². The summed E-state index contributed by atoms with van der Waals surface area (Å²) in [5.41, 5.74) is 5.38. The fourth-order valence-electron chi connectivity index (χ4n) is 2.77. The number of primary amides is 1. The Labute approximate surface area is 123 Å². The standard InChI is InChI=1S/C15H21FN2O3/c16-12-4-2-1-3-11(12)13(19)9-18-7-5-10(6-8-18)14(20)15(17)21/h1-4,10,13-14,19-20H,5-9H2,(H2,17,21)/t13-,14-/m0/s1. The van der Waals surface area contributed by atoms with Crippen LogP contribution in [0.4, 0.5) is 4.39 Å². The Hall–Kier alpha value is -1.50. The number of nitrogens with zero attached hydrogens (tertiary/aromatic N) is 1. The first-order chi connectivity index (χ1) is 9.99. The maximum atomic E-state index is 13.6. The second-order valence-electron chi connectivity index (χ2n) is 5.52. The Morgan fingerprint density at radius 3 is 2.52 bits per heavy atom. The maximum absolute atomic E-state index is 13.6. The Bertz CT molecular complexity index is 490. The van der Waals surface area contributed by atoms with E-state index in [1.54, 1.807) is 18.2 Å². The fraction of sp³-hybridized carbons (Fsp3) is 0.533. The van der Waals surface area contributed by atoms with Gasteiger partial charge in [-0.05, 0) is 37.9 Å². The molecule has 1 aliphatic rings. The van der Waals surface area contributed by atoms with Gasteiger partial charge < -0.3 is 20.8 Å². The first kappa shape index (κ1) is 15.9. The average Bonchev–Trinajstić information content (AvgIpc) is 2.47. The Morgan fingerprint density at radius 1 is 1.33 bits per heavy atom. The molecule has 1 aromatic rings. The van der Waals surface area contributed by atoms with Crippen LogP contribution in [-0.2, 0) is 4.79 Å². The minimum Gasteiger partial charge on any atom is -0.387 e. The summed E-state index contributed by atoms with van der Waals surface area (Å²) in [6.45, 7) is 1.61. The predicted octanol–water partition coefficient (Wildman–Crippen LogP) is 0.417. The minimum absolute atomic E-state index is 0.135. The molecule has 1 fully saturated rings. The molecule has 0 spiro atoms. The smallest absolute Gasteiger partial charge is 0.246 e. The molecule has 5 nitrogen and oxygen atoms in total. The van der Waals surface area contributed by atoms with Crippen LogP contribution in [-0.4, -0.2) is 46.8 Å². The fourth-order valence-corrected chi connectivity index (χ4v) is 2.77. The van der Waals surface area contributed by atoms with Gasteiger partial charge in [-0.25, -0.2) is 4.39 Å². The molecular formula is C15H21FN2O3. The predicted molar refractivity (Wildman–Crippen MR) is 75.7 cm³/mol. The highest BCUT2D eigenvalue weighted by Crippen LogP contribution is 2.24. The van der Waals surface area contributed by atoms with Gasteiger partial charge in [-0.15, -0.1) is 0 Å². The highest BCUT2D eigenvalue weighted by Gasteiger charge is 2.29. The minimum atomic E-state index is -1.11. The van der Waals surface area contributed by atoms with E-state index in [0.29, 0.717) is 32.5 Å². The van der Waals surface area contributed by atoms with Gasteiger partial charge in [0, 0.05) is 12.1 Å². The number of carbonyl (C=O) groups excluding carboxylic acids is 1. The van der Waals surface area contributed by atoms with E-state index in [-0.39, 0.29) is 11.5 Å². The topological polar surface area (TPSA) is 86.8 Å². The zero-order valence-electron chi connectivity index (χ0n) is 11.8. The monoisotopic (exact) mass is 296 g/mol. The average molecular weight is 296 g/mol. The second kappa shape index (κ2) is 6.98. The number of likely N-dealkylation sites (tertiary alicyclic amines) is 1. The van der Waals surface area contributed by atoms with E-state index in [4.69, 9.17) is 5.73 Å². The van der Waals surface area contributed by atoms with Crippen LogP contribution >= 0.6 is 0 Å². The molecule has 1 saturated heterocycles. The Morgan fingerprint density at radius 2 is 1.95 bits per heavy atom. The lowest BCUT2D eigenvalue weighted by Crippen LogP contribution is -2.43. The van der Waals surface area contributed by atoms with Gasteiger partial charge in [0.2, 0.25) is 5.91 Å². The van der Waals surface area contributed by atoms with E-state index in [2.05, 4.69) is 0 Å². The van der Waals surface area contributed by atoms with Crippen LogP contribution in [0.3, 0.4) is 0 Å². The lowest BCUT2D eigenvalue weighted by Gasteiger charge is -2.34. The third-order valence-electron chi connectivity index (χ3n) is 4.07. The van der Waals surface area contributed by atoms with Crippen molar-refractivity contribution in [2.24, 2.45) is 11.7 Å². The highest BCUT2D eigenvalue weighted by atomic mass is 19.1. The van der Waals surface area contributed by atoms with Crippen molar-refractivity contribution in [2.45, 2.75) is 25.0 Å². The van der Waals surface area contributed by atoms with Gasteiger partial charge >= 0.3 is 0 Å². The zero-order valence-corrected chi connectivity index (χ0v) is 11.8. The van der Waals surface area contributed by atoms with E-state index in [0.717, 1.165) is 0 Å². The Balaban J connectivity index is 1.86. The largest absolute Gasteiger partial charge is 0.387 e. The summed E-state index contributed by atoms with van der Waals surface area (Å²) >= 11 is 0. The van der Waals surface area contributed by atoms with E-state index in [1.165, 1.54) is 6.07 Å². The summed E-state index contributed by atoms with van der Waals surface area (Å²) in [6.07, 6.45) is -0.727. The maximum Gasteiger partial charge on any atom is 0.246 e. The van der Waals surface area contributed by atoms with Crippen LogP contribution in [0.1, 0.15) is 24.5 Å². The van der Waals surface area contributed by atoms with E-state index >= 15 is 0 Å². The molecule has 0 bridgehead atoms. The van der Waals surface area contributed by atoms with Crippen molar-refractivity contribution in [2.75, 3.05) is 19.6 Å². The number of piperidine rings is 1. The number of amides is 1. The molecular weight excluding hydrogens is 275 g/mol. The molecule has 1 aromatic carbocycles. The van der Waals surface area contributed by atoms with Crippen LogP contribution in [0.25, 0.3) is 0 Å². The van der Waals surface area contributed by atoms with E-state index < -0.39 is 23.9 Å². The number of carbonyl (C=O) groups is 1. The first-order valence-electron chi connectivity index (χ1n) is 7.11. The molecule has 1 amide bonds. The number of hydrogen-bond donors (Lipinski definition) is 3. The number of nitrogens with two attached hydrogens (primary N) is 1. The third kappa shape index (κ3) is 4.00. The van der Waals surface area contributed by atoms with Gasteiger partial charge in [-0.2, -0.15) is 0 Å². The molecule has 116 valence electrons. The molecule has 0 aromatic heterocycles. The molecule has 6 heteroatoms. The van der Waals surface area contributed by atoms with Crippen LogP contribution in [0.15, 0.2) is 24.3 Å². The van der Waals surface area contributed by atoms with Crippen molar-refractivity contribution in [3.05, 3.63) is 35.6 Å². The number of benzene rings is 1. The molecule has 21 heavy (non-hydrogen) atoms. The van der Waals surface area contributed by atoms with Crippen molar-refractivity contribution in [3.63, 3.8) is 0 Å². The van der Waals surface area contributed by atoms with Gasteiger partial charge in [0.05, 0.1) is 6.10 Å². The quantitative estimate of drug-likeness (QED) is 0.735. The van der Waals surface area contributed by atoms with Gasteiger partial charge in [-0.3, -0.25) is 4.79 Å². The van der Waals surface area contributed by atoms with Gasteiger partial charge in [-0.1, -0.05) is 18.2 Å².